The van der Waals surface area contributed by atoms with Crippen molar-refractivity contribution < 1.29 is 34.1 Å². The predicted octanol–water partition coefficient (Wildman–Crippen LogP) is 3.39. The molecular weight excluding hydrogens is 412 g/mol. The van der Waals surface area contributed by atoms with E-state index < -0.39 is 42.1 Å². The number of esters is 1. The summed E-state index contributed by atoms with van der Waals surface area (Å²) in [4.78, 5) is 47.6. The Labute approximate surface area is 188 Å². The Morgan fingerprint density at radius 1 is 1.22 bits per heavy atom. The van der Waals surface area contributed by atoms with Crippen molar-refractivity contribution in [3.05, 3.63) is 23.8 Å². The van der Waals surface area contributed by atoms with Gasteiger partial charge in [0.05, 0.1) is 0 Å². The number of hydrogen-bond acceptors (Lipinski definition) is 6. The quantitative estimate of drug-likeness (QED) is 0.365. The van der Waals surface area contributed by atoms with Crippen molar-refractivity contribution >= 4 is 23.5 Å². The van der Waals surface area contributed by atoms with E-state index in [-0.39, 0.29) is 35.2 Å². The Morgan fingerprint density at radius 3 is 2.56 bits per heavy atom. The molecule has 0 heterocycles. The highest BCUT2D eigenvalue weighted by atomic mass is 16.5. The van der Waals surface area contributed by atoms with Gasteiger partial charge in [-0.15, -0.1) is 0 Å². The van der Waals surface area contributed by atoms with E-state index in [1.165, 1.54) is 0 Å². The fraction of sp³-hybridized carbons (Fsp3) is 0.680. The van der Waals surface area contributed by atoms with Crippen molar-refractivity contribution in [2.45, 2.75) is 77.7 Å². The van der Waals surface area contributed by atoms with Crippen LogP contribution in [0.5, 0.6) is 0 Å². The van der Waals surface area contributed by atoms with Crippen LogP contribution in [0.1, 0.15) is 72.1 Å². The molecule has 0 bridgehead atoms. The van der Waals surface area contributed by atoms with Crippen LogP contribution in [0.3, 0.4) is 0 Å². The Balaban J connectivity index is 1.78. The van der Waals surface area contributed by atoms with E-state index in [4.69, 9.17) is 9.84 Å². The third-order valence-corrected chi connectivity index (χ3v) is 8.12. The number of aliphatic carboxylic acids is 1. The average Bonchev–Trinajstić information content (AvgIpc) is 2.65. The number of carboxylic acids is 1. The minimum absolute atomic E-state index is 0.0243. The number of carbonyl (C=O) groups is 4. The molecule has 4 atom stereocenters. The number of rotatable bonds is 6. The number of ketones is 2. The minimum Gasteiger partial charge on any atom is -0.481 e. The SMILES string of the molecule is C=C1CC[C@H]2C(C)(C)CCC[C@]2(C)C1C[C@@]1(O)CC(=O)C(COC(=O)CC(=O)O)=CC1=O. The number of hydrogen-bond donors (Lipinski definition) is 2. The van der Waals surface area contributed by atoms with E-state index in [0.717, 1.165) is 43.8 Å². The summed E-state index contributed by atoms with van der Waals surface area (Å²) in [5, 5.41) is 19.9. The summed E-state index contributed by atoms with van der Waals surface area (Å²) in [6.45, 7) is 10.6. The highest BCUT2D eigenvalue weighted by Crippen LogP contribution is 2.62. The van der Waals surface area contributed by atoms with E-state index in [1.807, 2.05) is 0 Å². The van der Waals surface area contributed by atoms with Crippen LogP contribution in [-0.2, 0) is 23.9 Å². The van der Waals surface area contributed by atoms with E-state index >= 15 is 0 Å². The topological polar surface area (TPSA) is 118 Å². The summed E-state index contributed by atoms with van der Waals surface area (Å²) >= 11 is 0. The summed E-state index contributed by atoms with van der Waals surface area (Å²) in [6.07, 6.45) is 5.16. The monoisotopic (exact) mass is 446 g/mol. The van der Waals surface area contributed by atoms with Crippen molar-refractivity contribution in [1.29, 1.82) is 0 Å². The summed E-state index contributed by atoms with van der Waals surface area (Å²) in [7, 11) is 0. The number of ether oxygens (including phenoxy) is 1. The molecule has 176 valence electrons. The lowest BCUT2D eigenvalue weighted by atomic mass is 9.46. The third-order valence-electron chi connectivity index (χ3n) is 8.12. The lowest BCUT2D eigenvalue weighted by molar-refractivity contribution is -0.151. The lowest BCUT2D eigenvalue weighted by Gasteiger charge is -2.58. The maximum atomic E-state index is 12.9. The molecule has 0 saturated heterocycles. The molecule has 3 rings (SSSR count). The largest absolute Gasteiger partial charge is 0.481 e. The van der Waals surface area contributed by atoms with Gasteiger partial charge in [-0.2, -0.15) is 0 Å². The van der Waals surface area contributed by atoms with Crippen molar-refractivity contribution in [2.24, 2.45) is 22.7 Å². The zero-order valence-corrected chi connectivity index (χ0v) is 19.2. The van der Waals surface area contributed by atoms with Crippen LogP contribution in [0, 0.1) is 22.7 Å². The van der Waals surface area contributed by atoms with E-state index in [0.29, 0.717) is 5.92 Å². The molecule has 7 nitrogen and oxygen atoms in total. The van der Waals surface area contributed by atoms with Gasteiger partial charge in [0.1, 0.15) is 18.6 Å². The van der Waals surface area contributed by atoms with Crippen molar-refractivity contribution in [3.8, 4) is 0 Å². The van der Waals surface area contributed by atoms with Crippen molar-refractivity contribution in [2.75, 3.05) is 6.61 Å². The van der Waals surface area contributed by atoms with Crippen LogP contribution in [0.2, 0.25) is 0 Å². The molecule has 32 heavy (non-hydrogen) atoms. The van der Waals surface area contributed by atoms with Gasteiger partial charge in [0.15, 0.2) is 11.6 Å². The highest BCUT2D eigenvalue weighted by Gasteiger charge is 2.55. The summed E-state index contributed by atoms with van der Waals surface area (Å²) < 4.78 is 4.80. The van der Waals surface area contributed by atoms with Gasteiger partial charge in [0.25, 0.3) is 0 Å². The molecule has 2 saturated carbocycles. The first-order chi connectivity index (χ1) is 14.8. The highest BCUT2D eigenvalue weighted by molar-refractivity contribution is 6.12. The first-order valence-electron chi connectivity index (χ1n) is 11.3. The molecule has 1 unspecified atom stereocenters. The summed E-state index contributed by atoms with van der Waals surface area (Å²) in [5.41, 5.74) is -0.720. The fourth-order valence-corrected chi connectivity index (χ4v) is 6.46. The van der Waals surface area contributed by atoms with Gasteiger partial charge in [0.2, 0.25) is 0 Å². The number of carbonyl (C=O) groups excluding carboxylic acids is 3. The molecule has 2 fully saturated rings. The molecule has 0 aliphatic heterocycles. The Kier molecular flexibility index (Phi) is 6.53. The van der Waals surface area contributed by atoms with E-state index in [9.17, 15) is 24.3 Å². The van der Waals surface area contributed by atoms with Gasteiger partial charge in [-0.05, 0) is 60.8 Å². The molecular formula is C25H34O7. The fourth-order valence-electron chi connectivity index (χ4n) is 6.46. The number of fused-ring (bicyclic) bond motifs is 1. The molecule has 0 amide bonds. The van der Waals surface area contributed by atoms with Crippen LogP contribution >= 0.6 is 0 Å². The zero-order chi connectivity index (χ0) is 23.9. The second-order valence-corrected chi connectivity index (χ2v) is 10.8. The van der Waals surface area contributed by atoms with Crippen LogP contribution in [0.4, 0.5) is 0 Å². The van der Waals surface area contributed by atoms with Gasteiger partial charge in [0, 0.05) is 12.0 Å². The molecule has 3 aliphatic rings. The van der Waals surface area contributed by atoms with Crippen LogP contribution in [-0.4, -0.2) is 45.9 Å². The standard InChI is InChI=1S/C25H34O7/c1-15-6-7-19-23(2,3)8-5-9-24(19,4)17(15)12-25(31)13-18(26)16(10-20(25)27)14-32-22(30)11-21(28)29/h10,17,19,31H,1,5-9,11-14H2,2-4H3,(H,28,29)/t17?,19-,24+,25+/m0/s1. The molecule has 0 radical (unpaired) electrons. The minimum atomic E-state index is -1.81. The van der Waals surface area contributed by atoms with Gasteiger partial charge >= 0.3 is 11.9 Å². The number of aliphatic hydroxyl groups is 1. The first kappa shape index (κ1) is 24.4. The molecule has 3 aliphatic carbocycles. The Bertz CT molecular complexity index is 883. The molecule has 0 aromatic carbocycles. The summed E-state index contributed by atoms with van der Waals surface area (Å²) in [6, 6.07) is 0. The first-order valence-corrected chi connectivity index (χ1v) is 11.3. The van der Waals surface area contributed by atoms with Gasteiger partial charge in [-0.25, -0.2) is 0 Å². The van der Waals surface area contributed by atoms with Crippen molar-refractivity contribution in [3.63, 3.8) is 0 Å². The van der Waals surface area contributed by atoms with Crippen LogP contribution < -0.4 is 0 Å². The molecule has 2 N–H and O–H groups in total. The van der Waals surface area contributed by atoms with Crippen molar-refractivity contribution in [1.82, 2.24) is 0 Å². The van der Waals surface area contributed by atoms with E-state index in [1.54, 1.807) is 0 Å². The molecule has 0 aromatic heterocycles. The zero-order valence-electron chi connectivity index (χ0n) is 19.2. The number of carboxylic acid groups (broad SMARTS) is 1. The maximum absolute atomic E-state index is 12.9. The van der Waals surface area contributed by atoms with Gasteiger partial charge in [-0.1, -0.05) is 39.3 Å². The second-order valence-electron chi connectivity index (χ2n) is 10.8. The third kappa shape index (κ3) is 4.58. The Hall–Kier alpha value is -2.28. The van der Waals surface area contributed by atoms with Crippen LogP contribution in [0.15, 0.2) is 23.8 Å². The lowest BCUT2D eigenvalue weighted by Crippen LogP contribution is -2.53. The second kappa shape index (κ2) is 8.58. The maximum Gasteiger partial charge on any atom is 0.317 e. The molecule has 7 heteroatoms. The van der Waals surface area contributed by atoms with Gasteiger partial charge < -0.3 is 14.9 Å². The number of allylic oxidation sites excluding steroid dienone is 1. The average molecular weight is 447 g/mol. The van der Waals surface area contributed by atoms with Gasteiger partial charge in [-0.3, -0.25) is 19.2 Å². The Morgan fingerprint density at radius 2 is 1.91 bits per heavy atom. The predicted molar refractivity (Wildman–Crippen MR) is 117 cm³/mol. The smallest absolute Gasteiger partial charge is 0.317 e. The van der Waals surface area contributed by atoms with E-state index in [2.05, 4.69) is 27.4 Å². The molecule has 0 aromatic rings. The molecule has 0 spiro atoms. The normalized spacial score (nSPS) is 34.5. The summed E-state index contributed by atoms with van der Waals surface area (Å²) in [5.74, 6) is -2.98. The van der Waals surface area contributed by atoms with Crippen LogP contribution in [0.25, 0.3) is 0 Å². The number of Topliss-reactive ketones (excluding diaryl/α,β-unsaturated/α-hetero) is 1.